The summed E-state index contributed by atoms with van der Waals surface area (Å²) in [6.45, 7) is 0.226. The van der Waals surface area contributed by atoms with Crippen molar-refractivity contribution in [3.05, 3.63) is 64.2 Å². The number of thiophene rings is 1. The Labute approximate surface area is 201 Å². The number of carbonyl (C=O) groups excluding carboxylic acids is 1. The number of amides is 1. The first-order valence-corrected chi connectivity index (χ1v) is 12.0. The molecule has 10 nitrogen and oxygen atoms in total. The zero-order valence-electron chi connectivity index (χ0n) is 18.2. The smallest absolute Gasteiger partial charge is 0.273 e. The van der Waals surface area contributed by atoms with E-state index >= 15 is 0 Å². The summed E-state index contributed by atoms with van der Waals surface area (Å²) in [5.41, 5.74) is 1.07. The highest BCUT2D eigenvalue weighted by Gasteiger charge is 2.19. The van der Waals surface area contributed by atoms with Crippen molar-refractivity contribution in [3.8, 4) is 11.5 Å². The lowest BCUT2D eigenvalue weighted by Gasteiger charge is -2.11. The molecule has 174 valence electrons. The predicted octanol–water partition coefficient (Wildman–Crippen LogP) is 3.50. The van der Waals surface area contributed by atoms with Gasteiger partial charge in [-0.05, 0) is 35.7 Å². The minimum absolute atomic E-state index is 0.0823. The van der Waals surface area contributed by atoms with Crippen molar-refractivity contribution in [2.24, 2.45) is 0 Å². The predicted molar refractivity (Wildman–Crippen MR) is 129 cm³/mol. The van der Waals surface area contributed by atoms with Gasteiger partial charge in [0.15, 0.2) is 5.16 Å². The number of carbonyl (C=O) groups is 1. The molecule has 4 heterocycles. The summed E-state index contributed by atoms with van der Waals surface area (Å²) in [6, 6.07) is 10.6. The lowest BCUT2D eigenvalue weighted by Crippen LogP contribution is -2.23. The van der Waals surface area contributed by atoms with Crippen LogP contribution in [0.25, 0.3) is 16.0 Å². The van der Waals surface area contributed by atoms with E-state index in [1.54, 1.807) is 48.1 Å². The van der Waals surface area contributed by atoms with E-state index in [1.807, 2.05) is 11.4 Å². The van der Waals surface area contributed by atoms with Gasteiger partial charge in [-0.1, -0.05) is 11.8 Å². The van der Waals surface area contributed by atoms with Gasteiger partial charge in [0, 0.05) is 6.07 Å². The summed E-state index contributed by atoms with van der Waals surface area (Å²) in [7, 11) is 3.08. The second kappa shape index (κ2) is 9.23. The average molecular weight is 498 g/mol. The van der Waals surface area contributed by atoms with Crippen LogP contribution in [-0.2, 0) is 11.3 Å². The van der Waals surface area contributed by atoms with E-state index in [9.17, 15) is 9.59 Å². The molecule has 0 fully saturated rings. The Bertz CT molecular complexity index is 1540. The van der Waals surface area contributed by atoms with Gasteiger partial charge in [0.1, 0.15) is 22.0 Å². The number of anilines is 1. The van der Waals surface area contributed by atoms with Crippen molar-refractivity contribution in [1.29, 1.82) is 0 Å². The fourth-order valence-corrected chi connectivity index (χ4v) is 5.08. The molecule has 1 amide bonds. The van der Waals surface area contributed by atoms with Crippen molar-refractivity contribution in [1.82, 2.24) is 19.2 Å². The van der Waals surface area contributed by atoms with E-state index in [4.69, 9.17) is 13.9 Å². The second-order valence-electron chi connectivity index (χ2n) is 7.13. The van der Waals surface area contributed by atoms with Crippen LogP contribution in [0.2, 0.25) is 0 Å². The second-order valence-corrected chi connectivity index (χ2v) is 8.99. The topological polar surface area (TPSA) is 113 Å². The number of nitrogens with zero attached hydrogens (tertiary/aromatic N) is 4. The van der Waals surface area contributed by atoms with Crippen LogP contribution in [0.1, 0.15) is 5.76 Å². The van der Waals surface area contributed by atoms with Gasteiger partial charge in [0.05, 0.1) is 44.0 Å². The first-order chi connectivity index (χ1) is 16.6. The molecule has 0 unspecified atom stereocenters. The SMILES string of the molecule is COc1ccc(NC(=O)CSc2nnc3n(Cc4ccco4)c(=O)c4sccc4n23)c(OC)c1. The van der Waals surface area contributed by atoms with Crippen molar-refractivity contribution >= 4 is 50.7 Å². The van der Waals surface area contributed by atoms with E-state index in [0.29, 0.717) is 44.1 Å². The third-order valence-electron chi connectivity index (χ3n) is 5.09. The Morgan fingerprint density at radius 2 is 2.09 bits per heavy atom. The Hall–Kier alpha value is -3.77. The molecule has 0 atom stereocenters. The maximum Gasteiger partial charge on any atom is 0.273 e. The molecule has 0 bridgehead atoms. The molecule has 0 spiro atoms. The molecule has 0 aliphatic heterocycles. The van der Waals surface area contributed by atoms with Gasteiger partial charge in [-0.15, -0.1) is 21.5 Å². The van der Waals surface area contributed by atoms with Crippen LogP contribution in [0.5, 0.6) is 11.5 Å². The molecule has 0 radical (unpaired) electrons. The first-order valence-electron chi connectivity index (χ1n) is 10.1. The van der Waals surface area contributed by atoms with E-state index in [0.717, 1.165) is 0 Å². The summed E-state index contributed by atoms with van der Waals surface area (Å²) in [5.74, 6) is 1.97. The monoisotopic (exact) mass is 497 g/mol. The van der Waals surface area contributed by atoms with E-state index in [-0.39, 0.29) is 23.8 Å². The van der Waals surface area contributed by atoms with Crippen molar-refractivity contribution in [3.63, 3.8) is 0 Å². The van der Waals surface area contributed by atoms with E-state index in [1.165, 1.54) is 34.8 Å². The van der Waals surface area contributed by atoms with Crippen LogP contribution < -0.4 is 20.3 Å². The van der Waals surface area contributed by atoms with Crippen LogP contribution >= 0.6 is 23.1 Å². The fraction of sp³-hybridized carbons (Fsp3) is 0.182. The summed E-state index contributed by atoms with van der Waals surface area (Å²) < 4.78 is 19.8. The van der Waals surface area contributed by atoms with E-state index in [2.05, 4.69) is 15.5 Å². The van der Waals surface area contributed by atoms with Crippen molar-refractivity contribution < 1.29 is 18.7 Å². The molecule has 34 heavy (non-hydrogen) atoms. The van der Waals surface area contributed by atoms with Gasteiger partial charge in [-0.25, -0.2) is 0 Å². The number of rotatable bonds is 8. The molecule has 12 heteroatoms. The van der Waals surface area contributed by atoms with Crippen molar-refractivity contribution in [2.45, 2.75) is 11.7 Å². The molecule has 1 aromatic carbocycles. The largest absolute Gasteiger partial charge is 0.497 e. The summed E-state index contributed by atoms with van der Waals surface area (Å²) in [4.78, 5) is 25.7. The average Bonchev–Trinajstić information content (AvgIpc) is 3.61. The molecule has 0 saturated carbocycles. The van der Waals surface area contributed by atoms with Crippen LogP contribution in [0, 0.1) is 0 Å². The number of nitrogens with one attached hydrogen (secondary N) is 1. The van der Waals surface area contributed by atoms with Gasteiger partial charge in [0.25, 0.3) is 5.56 Å². The number of furan rings is 1. The fourth-order valence-electron chi connectivity index (χ4n) is 3.51. The highest BCUT2D eigenvalue weighted by molar-refractivity contribution is 7.99. The lowest BCUT2D eigenvalue weighted by atomic mass is 10.2. The zero-order valence-corrected chi connectivity index (χ0v) is 19.8. The summed E-state index contributed by atoms with van der Waals surface area (Å²) >= 11 is 2.57. The van der Waals surface area contributed by atoms with Gasteiger partial charge in [0.2, 0.25) is 11.7 Å². The minimum atomic E-state index is -0.240. The maximum absolute atomic E-state index is 13.1. The molecular weight excluding hydrogens is 478 g/mol. The third-order valence-corrected chi connectivity index (χ3v) is 6.91. The number of fused-ring (bicyclic) bond motifs is 3. The number of thioether (sulfide) groups is 1. The van der Waals surface area contributed by atoms with Gasteiger partial charge in [-0.2, -0.15) is 0 Å². The number of aromatic nitrogens is 4. The number of benzene rings is 1. The highest BCUT2D eigenvalue weighted by Crippen LogP contribution is 2.30. The number of ether oxygens (including phenoxy) is 2. The highest BCUT2D eigenvalue weighted by atomic mass is 32.2. The van der Waals surface area contributed by atoms with Crippen LogP contribution in [0.15, 0.2) is 62.4 Å². The van der Waals surface area contributed by atoms with Crippen molar-refractivity contribution in [2.75, 3.05) is 25.3 Å². The van der Waals surface area contributed by atoms with Crippen LogP contribution in [-0.4, -0.2) is 45.0 Å². The number of hydrogen-bond acceptors (Lipinski definition) is 9. The Morgan fingerprint density at radius 1 is 1.21 bits per heavy atom. The van der Waals surface area contributed by atoms with Crippen LogP contribution in [0.4, 0.5) is 5.69 Å². The minimum Gasteiger partial charge on any atom is -0.497 e. The van der Waals surface area contributed by atoms with Gasteiger partial charge in [-0.3, -0.25) is 18.6 Å². The molecular formula is C22H19N5O5S2. The van der Waals surface area contributed by atoms with Gasteiger partial charge >= 0.3 is 0 Å². The Morgan fingerprint density at radius 3 is 2.85 bits per heavy atom. The molecule has 0 saturated heterocycles. The molecule has 0 aliphatic rings. The normalized spacial score (nSPS) is 11.2. The lowest BCUT2D eigenvalue weighted by molar-refractivity contribution is -0.113. The van der Waals surface area contributed by atoms with Crippen LogP contribution in [0.3, 0.4) is 0 Å². The van der Waals surface area contributed by atoms with E-state index < -0.39 is 0 Å². The van der Waals surface area contributed by atoms with Gasteiger partial charge < -0.3 is 19.2 Å². The zero-order chi connectivity index (χ0) is 23.7. The molecule has 5 rings (SSSR count). The Balaban J connectivity index is 1.42. The first kappa shape index (κ1) is 22.0. The molecule has 1 N–H and O–H groups in total. The quantitative estimate of drug-likeness (QED) is 0.324. The summed E-state index contributed by atoms with van der Waals surface area (Å²) in [5, 5.41) is 13.7. The standard InChI is InChI=1S/C22H19N5O5S2/c1-30-13-5-6-15(17(10-13)31-2)23-18(28)12-34-22-25-24-21-26(11-14-4-3-8-32-14)20(29)19-16(27(21)22)7-9-33-19/h3-10H,11-12H2,1-2H3,(H,23,28). The summed E-state index contributed by atoms with van der Waals surface area (Å²) in [6.07, 6.45) is 1.56. The molecule has 5 aromatic rings. The Kier molecular flexibility index (Phi) is 5.99. The molecule has 4 aromatic heterocycles. The molecule has 0 aliphatic carbocycles. The third kappa shape index (κ3) is 4.01. The number of methoxy groups -OCH3 is 2. The maximum atomic E-state index is 13.1. The number of hydrogen-bond donors (Lipinski definition) is 1.